The van der Waals surface area contributed by atoms with E-state index in [1.165, 1.54) is 12.1 Å². The van der Waals surface area contributed by atoms with Gasteiger partial charge in [0.1, 0.15) is 6.61 Å². The molecule has 0 saturated carbocycles. The maximum Gasteiger partial charge on any atom is 0.340 e. The molecule has 0 heterocycles. The summed E-state index contributed by atoms with van der Waals surface area (Å²) < 4.78 is 35.0. The lowest BCUT2D eigenvalue weighted by atomic mass is 10.0. The summed E-state index contributed by atoms with van der Waals surface area (Å²) in [5, 5.41) is 0. The van der Waals surface area contributed by atoms with E-state index in [0.29, 0.717) is 5.56 Å². The molecular weight excluding hydrogens is 398 g/mol. The van der Waals surface area contributed by atoms with Gasteiger partial charge in [-0.3, -0.25) is 0 Å². The number of hydrogen-bond donors (Lipinski definition) is 0. The number of esters is 1. The molecule has 0 aliphatic heterocycles. The number of aryl methyl sites for hydroxylation is 1. The number of hydrogen-bond acceptors (Lipinski definition) is 4. The number of sulfonamides is 1. The number of carbonyl (C=O) groups excluding carboxylic acids is 1. The molecule has 6 heteroatoms. The fourth-order valence-corrected chi connectivity index (χ4v) is 3.71. The molecule has 0 aromatic heterocycles. The summed E-state index contributed by atoms with van der Waals surface area (Å²) in [5.41, 5.74) is 2.01. The van der Waals surface area contributed by atoms with E-state index in [-0.39, 0.29) is 22.8 Å². The van der Waals surface area contributed by atoms with Crippen LogP contribution in [0.1, 0.15) is 16.7 Å². The first kappa shape index (κ1) is 21.2. The van der Waals surface area contributed by atoms with E-state index in [2.05, 4.69) is 11.0 Å². The van der Waals surface area contributed by atoms with Crippen LogP contribution in [0.3, 0.4) is 0 Å². The first-order chi connectivity index (χ1) is 14.4. The van der Waals surface area contributed by atoms with Crippen LogP contribution in [0.15, 0.2) is 106 Å². The van der Waals surface area contributed by atoms with Gasteiger partial charge in [-0.05, 0) is 24.6 Å². The molecule has 152 valence electrons. The second-order valence-corrected chi connectivity index (χ2v) is 8.24. The predicted molar refractivity (Wildman–Crippen MR) is 117 cm³/mol. The Labute approximate surface area is 176 Å². The lowest BCUT2D eigenvalue weighted by Crippen LogP contribution is -2.18. The summed E-state index contributed by atoms with van der Waals surface area (Å²) >= 11 is 0. The fraction of sp³-hybridized carbons (Fsp3) is 0.0833. The zero-order chi connectivity index (χ0) is 21.6. The van der Waals surface area contributed by atoms with Crippen LogP contribution in [-0.2, 0) is 26.2 Å². The van der Waals surface area contributed by atoms with E-state index in [1.54, 1.807) is 42.5 Å². The van der Waals surface area contributed by atoms with E-state index in [1.807, 2.05) is 37.3 Å². The summed E-state index contributed by atoms with van der Waals surface area (Å²) in [6.07, 6.45) is 0. The Hall–Kier alpha value is -3.51. The molecule has 0 spiro atoms. The van der Waals surface area contributed by atoms with Crippen LogP contribution in [-0.4, -0.2) is 20.1 Å². The normalized spacial score (nSPS) is 11.7. The molecule has 0 atom stereocenters. The fourth-order valence-electron chi connectivity index (χ4n) is 2.67. The van der Waals surface area contributed by atoms with E-state index >= 15 is 0 Å². The molecule has 0 amide bonds. The Morgan fingerprint density at radius 1 is 0.900 bits per heavy atom. The maximum absolute atomic E-state index is 12.9. The third-order valence-corrected chi connectivity index (χ3v) is 5.61. The van der Waals surface area contributed by atoms with Gasteiger partial charge < -0.3 is 4.74 Å². The number of rotatable bonds is 7. The molecule has 3 aromatic rings. The SMILES string of the molecule is C=C(C(=O)OCc1ccccc1)/C(=N/S(=O)(=O)c1ccc(C)cc1)c1ccccc1. The molecule has 5 nitrogen and oxygen atoms in total. The number of benzene rings is 3. The van der Waals surface area contributed by atoms with Gasteiger partial charge in [0, 0.05) is 5.56 Å². The smallest absolute Gasteiger partial charge is 0.340 e. The first-order valence-electron chi connectivity index (χ1n) is 9.24. The van der Waals surface area contributed by atoms with Crippen molar-refractivity contribution in [1.82, 2.24) is 0 Å². The summed E-state index contributed by atoms with van der Waals surface area (Å²) in [6.45, 7) is 5.67. The summed E-state index contributed by atoms with van der Waals surface area (Å²) in [5.74, 6) is -0.736. The highest BCUT2D eigenvalue weighted by atomic mass is 32.2. The highest BCUT2D eigenvalue weighted by Crippen LogP contribution is 2.18. The molecule has 0 aliphatic rings. The van der Waals surface area contributed by atoms with Crippen molar-refractivity contribution in [3.63, 3.8) is 0 Å². The number of carbonyl (C=O) groups is 1. The average molecular weight is 420 g/mol. The van der Waals surface area contributed by atoms with Crippen LogP contribution >= 0.6 is 0 Å². The molecule has 0 radical (unpaired) electrons. The van der Waals surface area contributed by atoms with E-state index in [0.717, 1.165) is 11.1 Å². The van der Waals surface area contributed by atoms with Crippen LogP contribution in [0.2, 0.25) is 0 Å². The van der Waals surface area contributed by atoms with Crippen LogP contribution < -0.4 is 0 Å². The minimum Gasteiger partial charge on any atom is -0.457 e. The van der Waals surface area contributed by atoms with Gasteiger partial charge in [-0.15, -0.1) is 0 Å². The van der Waals surface area contributed by atoms with Crippen molar-refractivity contribution in [3.05, 3.63) is 114 Å². The zero-order valence-electron chi connectivity index (χ0n) is 16.5. The predicted octanol–water partition coefficient (Wildman–Crippen LogP) is 4.47. The molecule has 0 unspecified atom stereocenters. The lowest BCUT2D eigenvalue weighted by Gasteiger charge is -2.11. The van der Waals surface area contributed by atoms with Crippen molar-refractivity contribution in [2.45, 2.75) is 18.4 Å². The highest BCUT2D eigenvalue weighted by Gasteiger charge is 2.22. The van der Waals surface area contributed by atoms with Gasteiger partial charge in [0.25, 0.3) is 10.0 Å². The van der Waals surface area contributed by atoms with Crippen molar-refractivity contribution in [1.29, 1.82) is 0 Å². The van der Waals surface area contributed by atoms with E-state index in [9.17, 15) is 13.2 Å². The van der Waals surface area contributed by atoms with Gasteiger partial charge in [0.05, 0.1) is 16.2 Å². The Bertz CT molecular complexity index is 1170. The third kappa shape index (κ3) is 5.30. The van der Waals surface area contributed by atoms with Crippen LogP contribution in [0.4, 0.5) is 0 Å². The topological polar surface area (TPSA) is 72.8 Å². The number of ether oxygens (including phenoxy) is 1. The van der Waals surface area contributed by atoms with Gasteiger partial charge in [-0.2, -0.15) is 12.8 Å². The van der Waals surface area contributed by atoms with Gasteiger partial charge in [-0.25, -0.2) is 4.79 Å². The van der Waals surface area contributed by atoms with Crippen molar-refractivity contribution in [2.75, 3.05) is 0 Å². The van der Waals surface area contributed by atoms with Crippen molar-refractivity contribution in [3.8, 4) is 0 Å². The van der Waals surface area contributed by atoms with Crippen molar-refractivity contribution >= 4 is 21.7 Å². The van der Waals surface area contributed by atoms with Crippen molar-refractivity contribution < 1.29 is 17.9 Å². The minimum atomic E-state index is -4.05. The molecule has 0 N–H and O–H groups in total. The standard InChI is InChI=1S/C24H21NO4S/c1-18-13-15-22(16-14-18)30(27,28)25-23(21-11-7-4-8-12-21)19(2)24(26)29-17-20-9-5-3-6-10-20/h3-16H,2,17H2,1H3/b25-23-. The molecule has 0 aliphatic carbocycles. The monoisotopic (exact) mass is 419 g/mol. The van der Waals surface area contributed by atoms with Crippen LogP contribution in [0.5, 0.6) is 0 Å². The summed E-state index contributed by atoms with van der Waals surface area (Å²) in [7, 11) is -4.05. The Morgan fingerprint density at radius 3 is 2.07 bits per heavy atom. The molecule has 0 fully saturated rings. The van der Waals surface area contributed by atoms with Crippen LogP contribution in [0.25, 0.3) is 0 Å². The lowest BCUT2D eigenvalue weighted by molar-refractivity contribution is -0.139. The molecule has 3 aromatic carbocycles. The minimum absolute atomic E-state index is 0.0342. The second-order valence-electron chi connectivity index (χ2n) is 6.63. The molecule has 30 heavy (non-hydrogen) atoms. The summed E-state index contributed by atoms with van der Waals surface area (Å²) in [4.78, 5) is 12.6. The van der Waals surface area contributed by atoms with Gasteiger partial charge in [-0.1, -0.05) is 84.9 Å². The first-order valence-corrected chi connectivity index (χ1v) is 10.7. The zero-order valence-corrected chi connectivity index (χ0v) is 17.3. The van der Waals surface area contributed by atoms with Gasteiger partial charge in [0.15, 0.2) is 0 Å². The molecular formula is C24H21NO4S. The molecule has 0 bridgehead atoms. The Morgan fingerprint density at radius 2 is 1.47 bits per heavy atom. The van der Waals surface area contributed by atoms with Gasteiger partial charge in [0.2, 0.25) is 0 Å². The average Bonchev–Trinajstić information content (AvgIpc) is 2.77. The Kier molecular flexibility index (Phi) is 6.59. The van der Waals surface area contributed by atoms with Crippen LogP contribution in [0, 0.1) is 6.92 Å². The van der Waals surface area contributed by atoms with Crippen molar-refractivity contribution in [2.24, 2.45) is 4.40 Å². The van der Waals surface area contributed by atoms with E-state index in [4.69, 9.17) is 4.74 Å². The third-order valence-electron chi connectivity index (χ3n) is 4.32. The Balaban J connectivity index is 1.92. The maximum atomic E-state index is 12.9. The highest BCUT2D eigenvalue weighted by molar-refractivity contribution is 7.90. The molecule has 3 rings (SSSR count). The van der Waals surface area contributed by atoms with Gasteiger partial charge >= 0.3 is 5.97 Å². The largest absolute Gasteiger partial charge is 0.457 e. The quantitative estimate of drug-likeness (QED) is 0.322. The second kappa shape index (κ2) is 9.33. The number of nitrogens with zero attached hydrogens (tertiary/aromatic N) is 1. The summed E-state index contributed by atoms with van der Waals surface area (Å²) in [6, 6.07) is 24.1. The van der Waals surface area contributed by atoms with E-state index < -0.39 is 16.0 Å². The molecule has 0 saturated heterocycles.